The van der Waals surface area contributed by atoms with Gasteiger partial charge in [0.15, 0.2) is 0 Å². The molecule has 0 radical (unpaired) electrons. The van der Waals surface area contributed by atoms with Crippen molar-refractivity contribution >= 4 is 0 Å². The molecular weight excluding hydrogens is 112 g/mol. The Morgan fingerprint density at radius 3 is 2.33 bits per heavy atom. The van der Waals surface area contributed by atoms with Gasteiger partial charge >= 0.3 is 0 Å². The van der Waals surface area contributed by atoms with E-state index in [1.54, 1.807) is 0 Å². The Hall–Kier alpha value is -0.0400. The van der Waals surface area contributed by atoms with Crippen LogP contribution in [0.3, 0.4) is 0 Å². The van der Waals surface area contributed by atoms with E-state index in [2.05, 4.69) is 0 Å². The van der Waals surface area contributed by atoms with Gasteiger partial charge in [0.25, 0.3) is 0 Å². The molecule has 0 heterocycles. The Bertz CT molecular complexity index is 102. The Kier molecular flexibility index (Phi) is 1.26. The molecule has 1 heteroatoms. The van der Waals surface area contributed by atoms with Crippen LogP contribution in [0.2, 0.25) is 0 Å². The molecule has 3 rings (SSSR count). The monoisotopic (exact) mass is 126 g/mol. The second-order valence-corrected chi connectivity index (χ2v) is 3.62. The van der Waals surface area contributed by atoms with Gasteiger partial charge in [-0.1, -0.05) is 6.42 Å². The summed E-state index contributed by atoms with van der Waals surface area (Å²) in [5.41, 5.74) is 0. The lowest BCUT2D eigenvalue weighted by molar-refractivity contribution is 0.0169. The highest BCUT2D eigenvalue weighted by molar-refractivity contribution is 4.89. The highest BCUT2D eigenvalue weighted by Crippen LogP contribution is 2.48. The second kappa shape index (κ2) is 1.98. The van der Waals surface area contributed by atoms with Crippen molar-refractivity contribution in [3.8, 4) is 0 Å². The van der Waals surface area contributed by atoms with E-state index in [0.717, 1.165) is 11.8 Å². The molecule has 3 saturated carbocycles. The van der Waals surface area contributed by atoms with Crippen LogP contribution in [0.1, 0.15) is 25.7 Å². The van der Waals surface area contributed by atoms with E-state index in [0.29, 0.717) is 12.5 Å². The van der Waals surface area contributed by atoms with Crippen molar-refractivity contribution in [1.29, 1.82) is 0 Å². The Balaban J connectivity index is 1.94. The number of fused-ring (bicyclic) bond motifs is 2. The summed E-state index contributed by atoms with van der Waals surface area (Å²) in [6.07, 6.45) is 5.53. The normalized spacial score (nSPS) is 48.3. The van der Waals surface area contributed by atoms with Crippen LogP contribution in [-0.4, -0.2) is 11.7 Å². The molecule has 52 valence electrons. The predicted octanol–water partition coefficient (Wildman–Crippen LogP) is 1.41. The topological polar surface area (TPSA) is 20.2 Å². The van der Waals surface area contributed by atoms with E-state index < -0.39 is 0 Å². The van der Waals surface area contributed by atoms with Crippen molar-refractivity contribution in [2.45, 2.75) is 25.7 Å². The van der Waals surface area contributed by atoms with E-state index in [9.17, 15) is 0 Å². The summed E-state index contributed by atoms with van der Waals surface area (Å²) >= 11 is 0. The number of hydrogen-bond acceptors (Lipinski definition) is 1. The van der Waals surface area contributed by atoms with Gasteiger partial charge < -0.3 is 5.11 Å². The molecular formula is C8H14O. The molecule has 9 heavy (non-hydrogen) atoms. The molecule has 0 aliphatic heterocycles. The van der Waals surface area contributed by atoms with E-state index in [1.165, 1.54) is 25.7 Å². The summed E-state index contributed by atoms with van der Waals surface area (Å²) in [4.78, 5) is 0. The molecule has 0 aromatic heterocycles. The molecule has 3 aliphatic rings. The summed E-state index contributed by atoms with van der Waals surface area (Å²) in [6, 6.07) is 0. The molecule has 0 amide bonds. The summed E-state index contributed by atoms with van der Waals surface area (Å²) in [7, 11) is 0. The van der Waals surface area contributed by atoms with Gasteiger partial charge in [0.1, 0.15) is 0 Å². The molecule has 1 unspecified atom stereocenters. The van der Waals surface area contributed by atoms with E-state index in [-0.39, 0.29) is 0 Å². The maximum atomic E-state index is 8.89. The van der Waals surface area contributed by atoms with Crippen LogP contribution in [0, 0.1) is 17.8 Å². The summed E-state index contributed by atoms with van der Waals surface area (Å²) < 4.78 is 0. The zero-order valence-electron chi connectivity index (χ0n) is 5.71. The van der Waals surface area contributed by atoms with Crippen molar-refractivity contribution in [3.05, 3.63) is 0 Å². The smallest absolute Gasteiger partial charge is 0.0461 e. The zero-order chi connectivity index (χ0) is 6.27. The molecule has 3 fully saturated rings. The highest BCUT2D eigenvalue weighted by Gasteiger charge is 2.39. The molecule has 0 spiro atoms. The van der Waals surface area contributed by atoms with Gasteiger partial charge in [-0.05, 0) is 37.0 Å². The van der Waals surface area contributed by atoms with Gasteiger partial charge in [0, 0.05) is 6.61 Å². The molecule has 1 atom stereocenters. The van der Waals surface area contributed by atoms with Crippen LogP contribution >= 0.6 is 0 Å². The summed E-state index contributed by atoms with van der Waals surface area (Å²) in [5, 5.41) is 8.89. The first kappa shape index (κ1) is 5.72. The Labute approximate surface area is 56.1 Å². The highest BCUT2D eigenvalue weighted by atomic mass is 16.3. The average Bonchev–Trinajstić information content (AvgIpc) is 1.86. The van der Waals surface area contributed by atoms with Crippen molar-refractivity contribution < 1.29 is 5.11 Å². The van der Waals surface area contributed by atoms with Crippen LogP contribution in [0.5, 0.6) is 0 Å². The first-order valence-corrected chi connectivity index (χ1v) is 4.01. The van der Waals surface area contributed by atoms with Crippen LogP contribution < -0.4 is 0 Å². The molecule has 1 N–H and O–H groups in total. The summed E-state index contributed by atoms with van der Waals surface area (Å²) in [5.74, 6) is 2.64. The average molecular weight is 126 g/mol. The van der Waals surface area contributed by atoms with Gasteiger partial charge in [0.2, 0.25) is 0 Å². The van der Waals surface area contributed by atoms with Gasteiger partial charge in [-0.3, -0.25) is 0 Å². The summed E-state index contributed by atoms with van der Waals surface area (Å²) in [6.45, 7) is 0.442. The van der Waals surface area contributed by atoms with E-state index in [1.807, 2.05) is 0 Å². The standard InChI is InChI=1S/C8H14O/c9-5-7-2-1-6-3-8(7)4-6/h6-9H,1-5H2. The number of aliphatic hydroxyl groups excluding tert-OH is 1. The van der Waals surface area contributed by atoms with Crippen LogP contribution in [-0.2, 0) is 0 Å². The maximum Gasteiger partial charge on any atom is 0.0461 e. The molecule has 0 saturated heterocycles. The van der Waals surface area contributed by atoms with Crippen molar-refractivity contribution in [3.63, 3.8) is 0 Å². The third-order valence-corrected chi connectivity index (χ3v) is 3.12. The minimum Gasteiger partial charge on any atom is -0.396 e. The minimum absolute atomic E-state index is 0.442. The van der Waals surface area contributed by atoms with Crippen LogP contribution in [0.25, 0.3) is 0 Å². The van der Waals surface area contributed by atoms with E-state index >= 15 is 0 Å². The molecule has 3 aliphatic carbocycles. The number of hydrogen-bond donors (Lipinski definition) is 1. The van der Waals surface area contributed by atoms with Gasteiger partial charge in [0.05, 0.1) is 0 Å². The fraction of sp³-hybridized carbons (Fsp3) is 1.00. The fourth-order valence-corrected chi connectivity index (χ4v) is 2.33. The molecule has 0 aromatic carbocycles. The molecule has 0 aromatic rings. The van der Waals surface area contributed by atoms with E-state index in [4.69, 9.17) is 5.11 Å². The Morgan fingerprint density at radius 2 is 2.00 bits per heavy atom. The lowest BCUT2D eigenvalue weighted by Crippen LogP contribution is -2.37. The quantitative estimate of drug-likeness (QED) is 0.563. The third-order valence-electron chi connectivity index (χ3n) is 3.12. The predicted molar refractivity (Wildman–Crippen MR) is 36.0 cm³/mol. The fourth-order valence-electron chi connectivity index (χ4n) is 2.33. The lowest BCUT2D eigenvalue weighted by Gasteiger charge is -2.46. The second-order valence-electron chi connectivity index (χ2n) is 3.62. The van der Waals surface area contributed by atoms with Crippen molar-refractivity contribution in [2.24, 2.45) is 17.8 Å². The van der Waals surface area contributed by atoms with Crippen LogP contribution in [0.4, 0.5) is 0 Å². The van der Waals surface area contributed by atoms with Crippen molar-refractivity contribution in [2.75, 3.05) is 6.61 Å². The lowest BCUT2D eigenvalue weighted by atomic mass is 9.60. The maximum absolute atomic E-state index is 8.89. The zero-order valence-corrected chi connectivity index (χ0v) is 5.71. The first-order chi connectivity index (χ1) is 4.40. The first-order valence-electron chi connectivity index (χ1n) is 4.01. The van der Waals surface area contributed by atoms with Gasteiger partial charge in [-0.2, -0.15) is 0 Å². The largest absolute Gasteiger partial charge is 0.396 e. The minimum atomic E-state index is 0.442. The third kappa shape index (κ3) is 0.787. The molecule has 1 nitrogen and oxygen atoms in total. The SMILES string of the molecule is OCC1CCC2CC1C2. The number of rotatable bonds is 1. The molecule has 2 bridgehead atoms. The van der Waals surface area contributed by atoms with Crippen LogP contribution in [0.15, 0.2) is 0 Å². The van der Waals surface area contributed by atoms with Gasteiger partial charge in [-0.25, -0.2) is 0 Å². The Morgan fingerprint density at radius 1 is 1.22 bits per heavy atom. The number of aliphatic hydroxyl groups is 1. The van der Waals surface area contributed by atoms with Crippen molar-refractivity contribution in [1.82, 2.24) is 0 Å². The van der Waals surface area contributed by atoms with Gasteiger partial charge in [-0.15, -0.1) is 0 Å².